The number of alkyl halides is 6. The smallest absolute Gasteiger partial charge is 0.406 e. The Morgan fingerprint density at radius 3 is 1.69 bits per heavy atom. The Morgan fingerprint density at radius 1 is 0.639 bits per heavy atom. The van der Waals surface area contributed by atoms with Gasteiger partial charge < -0.3 is 9.47 Å². The second-order valence-electron chi connectivity index (χ2n) is 7.72. The highest BCUT2D eigenvalue weighted by Gasteiger charge is 2.39. The first kappa shape index (κ1) is 23.0. The third-order valence-corrected chi connectivity index (χ3v) is 5.70. The van der Waals surface area contributed by atoms with Crippen LogP contribution >= 0.6 is 0 Å². The minimum Gasteiger partial charge on any atom is -0.406 e. The minimum absolute atomic E-state index is 0.0160. The van der Waals surface area contributed by atoms with Gasteiger partial charge in [0.15, 0.2) is 5.78 Å². The van der Waals surface area contributed by atoms with Crippen LogP contribution in [0.1, 0.15) is 27.0 Å². The van der Waals surface area contributed by atoms with E-state index in [0.29, 0.717) is 0 Å². The first-order valence-electron chi connectivity index (χ1n) is 9.99. The molecule has 178 valence electrons. The van der Waals surface area contributed by atoms with Crippen LogP contribution in [0, 0.1) is 22.7 Å². The van der Waals surface area contributed by atoms with Crippen LogP contribution in [0.25, 0.3) is 27.8 Å². The number of hydrogen-bond donors (Lipinski definition) is 0. The quantitative estimate of drug-likeness (QED) is 0.204. The van der Waals surface area contributed by atoms with Crippen LogP contribution in [0.5, 0.6) is 11.5 Å². The number of carbonyl (C=O) groups is 1. The molecule has 0 amide bonds. The Kier molecular flexibility index (Phi) is 4.87. The number of allylic oxidation sites excluding steroid dienone is 1. The molecule has 0 aromatic heterocycles. The fourth-order valence-corrected chi connectivity index (χ4v) is 4.52. The van der Waals surface area contributed by atoms with E-state index >= 15 is 0 Å². The molecule has 0 fully saturated rings. The standard InChI is InChI=1S/C25H8F6N2O3/c26-24(27,28)35-12-2-4-16-18(7-12)14-5-6-17-20(11(9-32)10-33)15-3-1-13(36-25(29,30)31)8-19(15)21(17)22(14)23(16)34/h1-8H. The van der Waals surface area contributed by atoms with Gasteiger partial charge in [0.2, 0.25) is 0 Å². The highest BCUT2D eigenvalue weighted by Crippen LogP contribution is 2.53. The Balaban J connectivity index is 1.78. The van der Waals surface area contributed by atoms with Crippen LogP contribution in [0.15, 0.2) is 54.1 Å². The van der Waals surface area contributed by atoms with Crippen molar-refractivity contribution in [3.05, 3.63) is 76.4 Å². The second kappa shape index (κ2) is 7.62. The minimum atomic E-state index is -5.00. The van der Waals surface area contributed by atoms with Gasteiger partial charge in [-0.1, -0.05) is 12.1 Å². The second-order valence-corrected chi connectivity index (χ2v) is 7.72. The molecule has 0 unspecified atom stereocenters. The first-order chi connectivity index (χ1) is 16.9. The Labute approximate surface area is 198 Å². The lowest BCUT2D eigenvalue weighted by Gasteiger charge is -2.11. The summed E-state index contributed by atoms with van der Waals surface area (Å²) in [5, 5.41) is 19.0. The fraction of sp³-hybridized carbons (Fsp3) is 0.0800. The molecule has 0 aliphatic heterocycles. The Hall–Kier alpha value is -4.77. The maximum absolute atomic E-state index is 13.4. The predicted octanol–water partition coefficient (Wildman–Crippen LogP) is 6.52. The molecule has 11 heteroatoms. The molecular formula is C25H8F6N2O3. The monoisotopic (exact) mass is 498 g/mol. The van der Waals surface area contributed by atoms with Gasteiger partial charge in [0.05, 0.1) is 0 Å². The van der Waals surface area contributed by atoms with Crippen LogP contribution in [-0.2, 0) is 0 Å². The zero-order valence-corrected chi connectivity index (χ0v) is 17.5. The number of fused-ring (bicyclic) bond motifs is 7. The van der Waals surface area contributed by atoms with E-state index in [1.54, 1.807) is 12.1 Å². The van der Waals surface area contributed by atoms with Crippen LogP contribution in [0.3, 0.4) is 0 Å². The molecule has 0 atom stereocenters. The number of rotatable bonds is 2. The highest BCUT2D eigenvalue weighted by molar-refractivity contribution is 6.27. The number of ketones is 1. The van der Waals surface area contributed by atoms with Crippen molar-refractivity contribution < 1.29 is 40.6 Å². The van der Waals surface area contributed by atoms with Gasteiger partial charge in [0.25, 0.3) is 0 Å². The molecule has 0 radical (unpaired) electrons. The number of carbonyl (C=O) groups excluding carboxylic acids is 1. The molecule has 0 saturated heterocycles. The first-order valence-corrected chi connectivity index (χ1v) is 9.99. The van der Waals surface area contributed by atoms with Crippen molar-refractivity contribution in [1.82, 2.24) is 0 Å². The number of nitriles is 2. The number of nitrogens with zero attached hydrogens (tertiary/aromatic N) is 2. The summed E-state index contributed by atoms with van der Waals surface area (Å²) in [6, 6.07) is 12.9. The van der Waals surface area contributed by atoms with E-state index < -0.39 is 30.0 Å². The van der Waals surface area contributed by atoms with Crippen LogP contribution < -0.4 is 9.47 Å². The predicted molar refractivity (Wildman–Crippen MR) is 111 cm³/mol. The van der Waals surface area contributed by atoms with Crippen LogP contribution in [-0.4, -0.2) is 18.5 Å². The molecule has 0 N–H and O–H groups in total. The van der Waals surface area contributed by atoms with E-state index in [1.807, 2.05) is 0 Å². The third kappa shape index (κ3) is 3.62. The number of benzene rings is 3. The van der Waals surface area contributed by atoms with Crippen molar-refractivity contribution in [2.45, 2.75) is 12.7 Å². The largest absolute Gasteiger partial charge is 0.573 e. The lowest BCUT2D eigenvalue weighted by atomic mass is 9.93. The Bertz CT molecular complexity index is 1590. The molecule has 3 aromatic carbocycles. The van der Waals surface area contributed by atoms with Gasteiger partial charge in [0.1, 0.15) is 29.2 Å². The highest BCUT2D eigenvalue weighted by atomic mass is 19.4. The summed E-state index contributed by atoms with van der Waals surface area (Å²) in [7, 11) is 0. The van der Waals surface area contributed by atoms with Crippen LogP contribution in [0.4, 0.5) is 26.3 Å². The van der Waals surface area contributed by atoms with Gasteiger partial charge in [0, 0.05) is 22.3 Å². The van der Waals surface area contributed by atoms with E-state index in [9.17, 15) is 41.7 Å². The lowest BCUT2D eigenvalue weighted by molar-refractivity contribution is -0.275. The maximum Gasteiger partial charge on any atom is 0.573 e. The van der Waals surface area contributed by atoms with E-state index in [4.69, 9.17) is 0 Å². The molecule has 2 aliphatic carbocycles. The zero-order chi connectivity index (χ0) is 26.0. The van der Waals surface area contributed by atoms with Gasteiger partial charge in [-0.3, -0.25) is 4.79 Å². The Morgan fingerprint density at radius 2 is 1.14 bits per heavy atom. The molecule has 3 aromatic rings. The van der Waals surface area contributed by atoms with Gasteiger partial charge in [-0.05, 0) is 64.2 Å². The lowest BCUT2D eigenvalue weighted by Crippen LogP contribution is -2.17. The summed E-state index contributed by atoms with van der Waals surface area (Å²) < 4.78 is 84.7. The van der Waals surface area contributed by atoms with E-state index in [0.717, 1.165) is 30.3 Å². The molecule has 0 heterocycles. The zero-order valence-electron chi connectivity index (χ0n) is 17.5. The number of halogens is 6. The number of hydrogen-bond acceptors (Lipinski definition) is 5. The van der Waals surface area contributed by atoms with Gasteiger partial charge in [-0.25, -0.2) is 0 Å². The molecular weight excluding hydrogens is 490 g/mol. The molecule has 5 rings (SSSR count). The summed E-state index contributed by atoms with van der Waals surface area (Å²) in [5.74, 6) is -1.73. The maximum atomic E-state index is 13.4. The third-order valence-electron chi connectivity index (χ3n) is 5.70. The van der Waals surface area contributed by atoms with E-state index in [-0.39, 0.29) is 55.7 Å². The normalized spacial score (nSPS) is 13.2. The summed E-state index contributed by atoms with van der Waals surface area (Å²) in [6.07, 6.45) is -9.96. The summed E-state index contributed by atoms with van der Waals surface area (Å²) in [6.45, 7) is 0. The molecule has 36 heavy (non-hydrogen) atoms. The van der Waals surface area contributed by atoms with Gasteiger partial charge in [-0.15, -0.1) is 26.3 Å². The molecule has 2 aliphatic rings. The summed E-state index contributed by atoms with van der Waals surface area (Å²) >= 11 is 0. The fourth-order valence-electron chi connectivity index (χ4n) is 4.52. The van der Waals surface area contributed by atoms with Crippen molar-refractivity contribution in [1.29, 1.82) is 10.5 Å². The SMILES string of the molecule is N#CC(C#N)=C1c2ccc(OC(F)(F)F)cc2-c2c1ccc1c2C(=O)c2ccc(OC(F)(F)F)cc2-1. The summed E-state index contributed by atoms with van der Waals surface area (Å²) in [4.78, 5) is 13.4. The molecule has 5 nitrogen and oxygen atoms in total. The van der Waals surface area contributed by atoms with Crippen molar-refractivity contribution in [2.24, 2.45) is 0 Å². The average Bonchev–Trinajstić information content (AvgIpc) is 3.25. The molecule has 0 bridgehead atoms. The molecule has 0 saturated carbocycles. The van der Waals surface area contributed by atoms with E-state index in [2.05, 4.69) is 9.47 Å². The van der Waals surface area contributed by atoms with E-state index in [1.165, 1.54) is 18.2 Å². The van der Waals surface area contributed by atoms with Crippen molar-refractivity contribution in [3.63, 3.8) is 0 Å². The van der Waals surface area contributed by atoms with Crippen molar-refractivity contribution in [3.8, 4) is 45.9 Å². The summed E-state index contributed by atoms with van der Waals surface area (Å²) in [5.41, 5.74) is 0.974. The van der Waals surface area contributed by atoms with Crippen molar-refractivity contribution in [2.75, 3.05) is 0 Å². The average molecular weight is 498 g/mol. The topological polar surface area (TPSA) is 83.1 Å². The van der Waals surface area contributed by atoms with Crippen LogP contribution in [0.2, 0.25) is 0 Å². The number of ether oxygens (including phenoxy) is 2. The van der Waals surface area contributed by atoms with Gasteiger partial charge >= 0.3 is 12.7 Å². The van der Waals surface area contributed by atoms with Crippen molar-refractivity contribution >= 4 is 11.4 Å². The molecule has 0 spiro atoms. The van der Waals surface area contributed by atoms with Gasteiger partial charge in [-0.2, -0.15) is 10.5 Å².